The Morgan fingerprint density at radius 2 is 1.94 bits per heavy atom. The van der Waals surface area contributed by atoms with Crippen LogP contribution in [0.5, 0.6) is 0 Å². The summed E-state index contributed by atoms with van der Waals surface area (Å²) in [5, 5.41) is 0. The number of thiophene rings is 1. The first-order valence-corrected chi connectivity index (χ1v) is 7.72. The summed E-state index contributed by atoms with van der Waals surface area (Å²) in [4.78, 5) is 3.09. The highest BCUT2D eigenvalue weighted by atomic mass is 79.9. The Labute approximate surface area is 117 Å². The average Bonchev–Trinajstić information content (AvgIpc) is 2.77. The molecule has 0 amide bonds. The number of aryl methyl sites for hydroxylation is 1. The molecule has 0 radical (unpaired) electrons. The van der Waals surface area contributed by atoms with Crippen LogP contribution >= 0.6 is 43.2 Å². The van der Waals surface area contributed by atoms with Crippen LogP contribution in [0.2, 0.25) is 0 Å². The molecule has 1 unspecified atom stereocenters. The van der Waals surface area contributed by atoms with E-state index < -0.39 is 0 Å². The van der Waals surface area contributed by atoms with Crippen LogP contribution in [0.1, 0.15) is 27.1 Å². The molecule has 0 spiro atoms. The fraction of sp³-hybridized carbons (Fsp3) is 0.231. The first kappa shape index (κ1) is 12.3. The van der Waals surface area contributed by atoms with E-state index in [1.54, 1.807) is 0 Å². The average molecular weight is 360 g/mol. The summed E-state index contributed by atoms with van der Waals surface area (Å²) in [5.74, 6) is 0. The van der Waals surface area contributed by atoms with E-state index >= 15 is 0 Å². The summed E-state index contributed by atoms with van der Waals surface area (Å²) >= 11 is 9.24. The molecule has 3 heteroatoms. The van der Waals surface area contributed by atoms with Crippen LogP contribution in [0.3, 0.4) is 0 Å². The van der Waals surface area contributed by atoms with Crippen molar-refractivity contribution in [1.82, 2.24) is 0 Å². The van der Waals surface area contributed by atoms with Crippen LogP contribution in [-0.4, -0.2) is 0 Å². The summed E-state index contributed by atoms with van der Waals surface area (Å²) in [6.07, 6.45) is 1.11. The lowest BCUT2D eigenvalue weighted by Gasteiger charge is -2.09. The Hall–Kier alpha value is -0.120. The third-order valence-electron chi connectivity index (χ3n) is 2.46. The van der Waals surface area contributed by atoms with E-state index in [9.17, 15) is 0 Å². The number of rotatable bonds is 3. The van der Waals surface area contributed by atoms with Crippen molar-refractivity contribution < 1.29 is 0 Å². The van der Waals surface area contributed by atoms with Gasteiger partial charge in [0.2, 0.25) is 0 Å². The van der Waals surface area contributed by atoms with Gasteiger partial charge >= 0.3 is 0 Å². The number of hydrogen-bond acceptors (Lipinski definition) is 1. The van der Waals surface area contributed by atoms with Crippen molar-refractivity contribution in [3.05, 3.63) is 56.2 Å². The van der Waals surface area contributed by atoms with Crippen LogP contribution in [0.15, 0.2) is 40.9 Å². The van der Waals surface area contributed by atoms with Gasteiger partial charge in [-0.2, -0.15) is 0 Å². The van der Waals surface area contributed by atoms with Crippen LogP contribution in [0.25, 0.3) is 0 Å². The molecule has 0 aliphatic heterocycles. The standard InChI is InChI=1S/C13H12Br2S/c1-2-9-7-8-12(16-9)13(15)10-5-3-4-6-11(10)14/h3-8,13H,2H2,1H3. The lowest BCUT2D eigenvalue weighted by atomic mass is 10.1. The van der Waals surface area contributed by atoms with Gasteiger partial charge in [0, 0.05) is 14.2 Å². The van der Waals surface area contributed by atoms with Crippen LogP contribution < -0.4 is 0 Å². The molecule has 16 heavy (non-hydrogen) atoms. The Morgan fingerprint density at radius 3 is 2.56 bits per heavy atom. The van der Waals surface area contributed by atoms with Gasteiger partial charge in [0.1, 0.15) is 0 Å². The predicted molar refractivity (Wildman–Crippen MR) is 78.6 cm³/mol. The zero-order valence-corrected chi connectivity index (χ0v) is 12.9. The molecule has 2 rings (SSSR count). The maximum Gasteiger partial charge on any atom is 0.0749 e. The van der Waals surface area contributed by atoms with Crippen molar-refractivity contribution in [3.63, 3.8) is 0 Å². The SMILES string of the molecule is CCc1ccc(C(Br)c2ccccc2Br)s1. The second-order valence-corrected chi connectivity index (χ2v) is 6.51. The van der Waals surface area contributed by atoms with E-state index in [-0.39, 0.29) is 4.83 Å². The van der Waals surface area contributed by atoms with Gasteiger partial charge < -0.3 is 0 Å². The number of halogens is 2. The van der Waals surface area contributed by atoms with Crippen molar-refractivity contribution in [2.75, 3.05) is 0 Å². The molecule has 1 atom stereocenters. The van der Waals surface area contributed by atoms with Crippen molar-refractivity contribution >= 4 is 43.2 Å². The van der Waals surface area contributed by atoms with Crippen molar-refractivity contribution in [2.24, 2.45) is 0 Å². The van der Waals surface area contributed by atoms with E-state index in [1.165, 1.54) is 15.3 Å². The highest BCUT2D eigenvalue weighted by Gasteiger charge is 2.14. The van der Waals surface area contributed by atoms with Gasteiger partial charge in [-0.25, -0.2) is 0 Å². The predicted octanol–water partition coefficient (Wildman–Crippen LogP) is 5.56. The maximum atomic E-state index is 3.77. The molecule has 0 saturated carbocycles. The summed E-state index contributed by atoms with van der Waals surface area (Å²) in [6.45, 7) is 2.19. The van der Waals surface area contributed by atoms with Crippen LogP contribution in [-0.2, 0) is 6.42 Å². The molecule has 0 N–H and O–H groups in total. The van der Waals surface area contributed by atoms with Gasteiger partial charge in [-0.05, 0) is 30.2 Å². The molecule has 0 bridgehead atoms. The molecule has 2 aromatic rings. The molecule has 0 aliphatic rings. The van der Waals surface area contributed by atoms with Gasteiger partial charge in [-0.15, -0.1) is 11.3 Å². The second kappa shape index (κ2) is 5.48. The number of alkyl halides is 1. The third-order valence-corrected chi connectivity index (χ3v) is 5.77. The Morgan fingerprint density at radius 1 is 1.19 bits per heavy atom. The van der Waals surface area contributed by atoms with Crippen LogP contribution in [0, 0.1) is 0 Å². The molecule has 1 aromatic carbocycles. The van der Waals surface area contributed by atoms with Gasteiger partial charge in [0.15, 0.2) is 0 Å². The van der Waals surface area contributed by atoms with E-state index in [2.05, 4.69) is 69.1 Å². The van der Waals surface area contributed by atoms with E-state index in [4.69, 9.17) is 0 Å². The van der Waals surface area contributed by atoms with Crippen molar-refractivity contribution in [2.45, 2.75) is 18.2 Å². The quantitative estimate of drug-likeness (QED) is 0.629. The van der Waals surface area contributed by atoms with Crippen LogP contribution in [0.4, 0.5) is 0 Å². The Balaban J connectivity index is 2.31. The third kappa shape index (κ3) is 2.58. The van der Waals surface area contributed by atoms with E-state index in [0.717, 1.165) is 10.9 Å². The molecular weight excluding hydrogens is 348 g/mol. The second-order valence-electron chi connectivity index (χ2n) is 3.54. The van der Waals surface area contributed by atoms with Crippen molar-refractivity contribution in [1.29, 1.82) is 0 Å². The summed E-state index contributed by atoms with van der Waals surface area (Å²) in [7, 11) is 0. The lowest BCUT2D eigenvalue weighted by Crippen LogP contribution is -1.90. The summed E-state index contributed by atoms with van der Waals surface area (Å²) in [6, 6.07) is 12.8. The minimum atomic E-state index is 0.286. The van der Waals surface area contributed by atoms with Gasteiger partial charge in [0.25, 0.3) is 0 Å². The molecule has 0 nitrogen and oxygen atoms in total. The monoisotopic (exact) mass is 358 g/mol. The molecular formula is C13H12Br2S. The smallest absolute Gasteiger partial charge is 0.0749 e. The summed E-state index contributed by atoms with van der Waals surface area (Å²) < 4.78 is 1.16. The molecule has 1 heterocycles. The highest BCUT2D eigenvalue weighted by Crippen LogP contribution is 2.38. The van der Waals surface area contributed by atoms with E-state index in [1.807, 2.05) is 17.4 Å². The first-order valence-electron chi connectivity index (χ1n) is 5.19. The van der Waals surface area contributed by atoms with Crippen molar-refractivity contribution in [3.8, 4) is 0 Å². The van der Waals surface area contributed by atoms with Gasteiger partial charge in [0.05, 0.1) is 4.83 Å². The first-order chi connectivity index (χ1) is 7.72. The topological polar surface area (TPSA) is 0 Å². The molecule has 0 aliphatic carbocycles. The fourth-order valence-corrected chi connectivity index (χ4v) is 4.16. The largest absolute Gasteiger partial charge is 0.144 e. The number of hydrogen-bond donors (Lipinski definition) is 0. The Bertz CT molecular complexity index is 476. The molecule has 0 saturated heterocycles. The maximum absolute atomic E-state index is 3.77. The Kier molecular flexibility index (Phi) is 4.22. The molecule has 0 fully saturated rings. The number of benzene rings is 1. The zero-order chi connectivity index (χ0) is 11.5. The minimum Gasteiger partial charge on any atom is -0.144 e. The lowest BCUT2D eigenvalue weighted by molar-refractivity contribution is 1.19. The van der Waals surface area contributed by atoms with Gasteiger partial charge in [-0.1, -0.05) is 57.0 Å². The minimum absolute atomic E-state index is 0.286. The zero-order valence-electron chi connectivity index (χ0n) is 8.91. The molecule has 84 valence electrons. The molecule has 1 aromatic heterocycles. The summed E-state index contributed by atoms with van der Waals surface area (Å²) in [5.41, 5.74) is 1.28. The highest BCUT2D eigenvalue weighted by molar-refractivity contribution is 9.11. The van der Waals surface area contributed by atoms with E-state index in [0.29, 0.717) is 0 Å². The van der Waals surface area contributed by atoms with Gasteiger partial charge in [-0.3, -0.25) is 0 Å². The normalized spacial score (nSPS) is 12.7. The fourth-order valence-electron chi connectivity index (χ4n) is 1.55.